The highest BCUT2D eigenvalue weighted by Crippen LogP contribution is 2.23. The fourth-order valence-electron chi connectivity index (χ4n) is 2.70. The van der Waals surface area contributed by atoms with Gasteiger partial charge in [0.2, 0.25) is 0 Å². The molecule has 1 heterocycles. The molecular formula is C22H20N2. The third kappa shape index (κ3) is 3.70. The average molecular weight is 312 g/mol. The van der Waals surface area contributed by atoms with E-state index in [9.17, 15) is 0 Å². The predicted octanol–water partition coefficient (Wildman–Crippen LogP) is 5.63. The summed E-state index contributed by atoms with van der Waals surface area (Å²) in [6, 6.07) is 22.5. The molecule has 0 fully saturated rings. The molecule has 2 heteroatoms. The Kier molecular flexibility index (Phi) is 5.03. The van der Waals surface area contributed by atoms with Gasteiger partial charge < -0.3 is 0 Å². The molecule has 2 aromatic carbocycles. The lowest BCUT2D eigenvalue weighted by Gasteiger charge is -2.06. The minimum atomic E-state index is 0.665. The van der Waals surface area contributed by atoms with Crippen LogP contribution in [0.5, 0.6) is 0 Å². The molecule has 118 valence electrons. The summed E-state index contributed by atoms with van der Waals surface area (Å²) in [5.74, 6) is 0. The Morgan fingerprint density at radius 2 is 1.50 bits per heavy atom. The number of hydrogen-bond acceptors (Lipinski definition) is 2. The van der Waals surface area contributed by atoms with Crippen LogP contribution in [-0.4, -0.2) is 4.98 Å². The van der Waals surface area contributed by atoms with Crippen LogP contribution in [0.2, 0.25) is 0 Å². The first kappa shape index (κ1) is 16.0. The van der Waals surface area contributed by atoms with Gasteiger partial charge in [-0.05, 0) is 42.2 Å². The maximum atomic E-state index is 8.86. The van der Waals surface area contributed by atoms with Crippen molar-refractivity contribution in [2.45, 2.75) is 26.2 Å². The zero-order valence-electron chi connectivity index (χ0n) is 13.9. The zero-order chi connectivity index (χ0) is 16.8. The maximum absolute atomic E-state index is 8.86. The van der Waals surface area contributed by atoms with Crippen LogP contribution < -0.4 is 0 Å². The van der Waals surface area contributed by atoms with Crippen molar-refractivity contribution in [3.8, 4) is 28.5 Å². The largest absolute Gasteiger partial charge is 0.256 e. The van der Waals surface area contributed by atoms with E-state index in [2.05, 4.69) is 48.3 Å². The summed E-state index contributed by atoms with van der Waals surface area (Å²) in [6.45, 7) is 2.22. The molecule has 2 nitrogen and oxygen atoms in total. The first-order valence-corrected chi connectivity index (χ1v) is 8.36. The fraction of sp³-hybridized carbons (Fsp3) is 0.182. The maximum Gasteiger partial charge on any atom is 0.0991 e. The molecule has 0 saturated heterocycles. The van der Waals surface area contributed by atoms with Gasteiger partial charge in [0.05, 0.1) is 17.3 Å². The fourth-order valence-corrected chi connectivity index (χ4v) is 2.70. The highest BCUT2D eigenvalue weighted by molar-refractivity contribution is 5.67. The van der Waals surface area contributed by atoms with E-state index in [0.717, 1.165) is 23.2 Å². The van der Waals surface area contributed by atoms with Crippen molar-refractivity contribution in [2.75, 3.05) is 0 Å². The third-order valence-electron chi connectivity index (χ3n) is 4.18. The molecular weight excluding hydrogens is 292 g/mol. The number of aryl methyl sites for hydroxylation is 1. The van der Waals surface area contributed by atoms with Gasteiger partial charge in [0, 0.05) is 17.3 Å². The van der Waals surface area contributed by atoms with Crippen molar-refractivity contribution < 1.29 is 0 Å². The molecule has 0 spiro atoms. The van der Waals surface area contributed by atoms with E-state index >= 15 is 0 Å². The van der Waals surface area contributed by atoms with E-state index < -0.39 is 0 Å². The molecule has 0 aliphatic carbocycles. The van der Waals surface area contributed by atoms with E-state index in [0.29, 0.717) is 5.56 Å². The van der Waals surface area contributed by atoms with Crippen molar-refractivity contribution in [3.05, 3.63) is 78.0 Å². The van der Waals surface area contributed by atoms with Crippen LogP contribution in [0.1, 0.15) is 30.9 Å². The second-order valence-electron chi connectivity index (χ2n) is 5.92. The summed E-state index contributed by atoms with van der Waals surface area (Å²) in [5.41, 5.74) is 6.31. The lowest BCUT2D eigenvalue weighted by Crippen LogP contribution is -1.87. The lowest BCUT2D eigenvalue weighted by atomic mass is 10.0. The minimum absolute atomic E-state index is 0.665. The molecule has 3 rings (SSSR count). The Morgan fingerprint density at radius 1 is 0.833 bits per heavy atom. The van der Waals surface area contributed by atoms with Gasteiger partial charge in [0.25, 0.3) is 0 Å². The van der Waals surface area contributed by atoms with Gasteiger partial charge in [0.1, 0.15) is 0 Å². The highest BCUT2D eigenvalue weighted by Gasteiger charge is 2.02. The first-order chi connectivity index (χ1) is 11.8. The van der Waals surface area contributed by atoms with E-state index in [1.54, 1.807) is 0 Å². The number of aromatic nitrogens is 1. The molecule has 0 radical (unpaired) electrons. The van der Waals surface area contributed by atoms with Crippen LogP contribution in [-0.2, 0) is 6.42 Å². The van der Waals surface area contributed by atoms with Gasteiger partial charge in [-0.2, -0.15) is 5.26 Å². The quantitative estimate of drug-likeness (QED) is 0.612. The summed E-state index contributed by atoms with van der Waals surface area (Å²) in [7, 11) is 0. The summed E-state index contributed by atoms with van der Waals surface area (Å²) < 4.78 is 0. The van der Waals surface area contributed by atoms with Crippen molar-refractivity contribution in [3.63, 3.8) is 0 Å². The molecule has 0 atom stereocenters. The van der Waals surface area contributed by atoms with Gasteiger partial charge >= 0.3 is 0 Å². The minimum Gasteiger partial charge on any atom is -0.256 e. The normalized spacial score (nSPS) is 10.3. The molecule has 0 bridgehead atoms. The van der Waals surface area contributed by atoms with Gasteiger partial charge in [-0.15, -0.1) is 0 Å². The van der Waals surface area contributed by atoms with Crippen LogP contribution in [0.3, 0.4) is 0 Å². The molecule has 0 amide bonds. The number of rotatable bonds is 5. The van der Waals surface area contributed by atoms with E-state index in [-0.39, 0.29) is 0 Å². The number of benzene rings is 2. The first-order valence-electron chi connectivity index (χ1n) is 8.36. The highest BCUT2D eigenvalue weighted by atomic mass is 14.7. The van der Waals surface area contributed by atoms with Crippen LogP contribution in [0, 0.1) is 11.3 Å². The topological polar surface area (TPSA) is 36.7 Å². The molecule has 0 saturated carbocycles. The van der Waals surface area contributed by atoms with Gasteiger partial charge in [-0.3, -0.25) is 4.98 Å². The summed E-state index contributed by atoms with van der Waals surface area (Å²) >= 11 is 0. The number of pyridine rings is 1. The Balaban J connectivity index is 1.77. The van der Waals surface area contributed by atoms with Gasteiger partial charge in [-0.25, -0.2) is 0 Å². The Morgan fingerprint density at radius 3 is 2.08 bits per heavy atom. The molecule has 0 aliphatic rings. The second kappa shape index (κ2) is 7.57. The molecule has 0 aliphatic heterocycles. The van der Waals surface area contributed by atoms with Gasteiger partial charge in [-0.1, -0.05) is 55.8 Å². The Hall–Kier alpha value is -2.92. The van der Waals surface area contributed by atoms with E-state index in [4.69, 9.17) is 5.26 Å². The van der Waals surface area contributed by atoms with Crippen LogP contribution in [0.4, 0.5) is 0 Å². The Labute approximate surface area is 143 Å². The van der Waals surface area contributed by atoms with Crippen molar-refractivity contribution >= 4 is 0 Å². The molecule has 0 N–H and O–H groups in total. The summed E-state index contributed by atoms with van der Waals surface area (Å²) in [6.07, 6.45) is 5.52. The number of unbranched alkanes of at least 4 members (excludes halogenated alkanes) is 1. The molecule has 1 aromatic heterocycles. The second-order valence-corrected chi connectivity index (χ2v) is 5.92. The smallest absolute Gasteiger partial charge is 0.0991 e. The third-order valence-corrected chi connectivity index (χ3v) is 4.18. The lowest BCUT2D eigenvalue weighted by molar-refractivity contribution is 0.795. The molecule has 24 heavy (non-hydrogen) atoms. The number of nitrogens with zero attached hydrogens (tertiary/aromatic N) is 2. The average Bonchev–Trinajstić information content (AvgIpc) is 2.67. The van der Waals surface area contributed by atoms with Crippen LogP contribution in [0.25, 0.3) is 22.4 Å². The van der Waals surface area contributed by atoms with Crippen molar-refractivity contribution in [2.24, 2.45) is 0 Å². The van der Waals surface area contributed by atoms with Crippen LogP contribution in [0.15, 0.2) is 66.9 Å². The summed E-state index contributed by atoms with van der Waals surface area (Å²) in [5, 5.41) is 8.86. The van der Waals surface area contributed by atoms with Crippen LogP contribution >= 0.6 is 0 Å². The Bertz CT molecular complexity index is 823. The number of nitriles is 1. The zero-order valence-corrected chi connectivity index (χ0v) is 13.9. The molecule has 3 aromatic rings. The van der Waals surface area contributed by atoms with Crippen molar-refractivity contribution in [1.29, 1.82) is 5.26 Å². The monoisotopic (exact) mass is 312 g/mol. The van der Waals surface area contributed by atoms with E-state index in [1.165, 1.54) is 24.0 Å². The number of hydrogen-bond donors (Lipinski definition) is 0. The van der Waals surface area contributed by atoms with Gasteiger partial charge in [0.15, 0.2) is 0 Å². The summed E-state index contributed by atoms with van der Waals surface area (Å²) in [4.78, 5) is 4.57. The molecule has 0 unspecified atom stereocenters. The predicted molar refractivity (Wildman–Crippen MR) is 98.4 cm³/mol. The SMILES string of the molecule is CCCCc1ccc(-c2ccc(-c3ccc(C#N)cc3)nc2)cc1. The van der Waals surface area contributed by atoms with Crippen molar-refractivity contribution in [1.82, 2.24) is 4.98 Å². The standard InChI is InChI=1S/C22H20N2/c1-2-3-4-17-5-9-19(10-6-17)21-13-14-22(24-16-21)20-11-7-18(15-23)8-12-20/h5-14,16H,2-4H2,1H3. The van der Waals surface area contributed by atoms with E-state index in [1.807, 2.05) is 36.5 Å².